The highest BCUT2D eigenvalue weighted by Crippen LogP contribution is 2.24. The molecule has 1 aliphatic carbocycles. The molecule has 0 spiro atoms. The van der Waals surface area contributed by atoms with Gasteiger partial charge in [0.2, 0.25) is 5.91 Å². The quantitative estimate of drug-likeness (QED) is 0.690. The summed E-state index contributed by atoms with van der Waals surface area (Å²) in [6, 6.07) is -0.0338. The summed E-state index contributed by atoms with van der Waals surface area (Å²) in [5, 5.41) is 15.6. The topological polar surface area (TPSA) is 61.4 Å². The third-order valence-corrected chi connectivity index (χ3v) is 4.13. The van der Waals surface area contributed by atoms with Gasteiger partial charge in [0.05, 0.1) is 12.1 Å². The van der Waals surface area contributed by atoms with Gasteiger partial charge in [-0.3, -0.25) is 10.1 Å². The Balaban J connectivity index is 0.00000128. The lowest BCUT2D eigenvalue weighted by Gasteiger charge is -2.16. The van der Waals surface area contributed by atoms with Gasteiger partial charge >= 0.3 is 0 Å². The van der Waals surface area contributed by atoms with E-state index in [1.807, 2.05) is 0 Å². The second kappa shape index (κ2) is 6.69. The molecule has 0 bridgehead atoms. The number of aliphatic hydroxyl groups excluding tert-OH is 1. The maximum Gasteiger partial charge on any atom is 0.238 e. The second-order valence-corrected chi connectivity index (χ2v) is 5.31. The van der Waals surface area contributed by atoms with Crippen LogP contribution in [0, 0.1) is 5.92 Å². The summed E-state index contributed by atoms with van der Waals surface area (Å²) in [4.78, 5) is 11.6. The Bertz CT molecular complexity index is 237. The lowest BCUT2D eigenvalue weighted by Crippen LogP contribution is -2.44. The van der Waals surface area contributed by atoms with Crippen LogP contribution in [-0.2, 0) is 4.79 Å². The zero-order valence-electron chi connectivity index (χ0n) is 9.15. The molecule has 94 valence electrons. The number of carbonyl (C=O) groups excluding carboxylic acids is 1. The predicted octanol–water partition coefficient (Wildman–Crippen LogP) is 0.348. The highest BCUT2D eigenvalue weighted by molar-refractivity contribution is 7.99. The van der Waals surface area contributed by atoms with Gasteiger partial charge in [0.15, 0.2) is 0 Å². The van der Waals surface area contributed by atoms with E-state index in [0.717, 1.165) is 30.9 Å². The zero-order valence-corrected chi connectivity index (χ0v) is 10.8. The first kappa shape index (κ1) is 14.1. The van der Waals surface area contributed by atoms with Crippen LogP contribution in [0.15, 0.2) is 0 Å². The molecule has 4 nitrogen and oxygen atoms in total. The second-order valence-electron chi connectivity index (χ2n) is 4.28. The van der Waals surface area contributed by atoms with E-state index in [9.17, 15) is 9.90 Å². The summed E-state index contributed by atoms with van der Waals surface area (Å²) in [5.41, 5.74) is 0. The Labute approximate surface area is 106 Å². The molecule has 1 saturated heterocycles. The monoisotopic (exact) mass is 266 g/mol. The van der Waals surface area contributed by atoms with Gasteiger partial charge in [-0.15, -0.1) is 24.2 Å². The highest BCUT2D eigenvalue weighted by atomic mass is 35.5. The van der Waals surface area contributed by atoms with Crippen molar-refractivity contribution in [2.24, 2.45) is 5.92 Å². The maximum atomic E-state index is 11.6. The number of halogens is 1. The van der Waals surface area contributed by atoms with Crippen molar-refractivity contribution in [1.29, 1.82) is 0 Å². The molecule has 3 unspecified atom stereocenters. The van der Waals surface area contributed by atoms with Crippen LogP contribution in [-0.4, -0.2) is 41.3 Å². The van der Waals surface area contributed by atoms with Gasteiger partial charge in [-0.2, -0.15) is 0 Å². The standard InChI is InChI=1S/C10H18N2O2S.ClH/c13-9-3-1-2-7(9)4-11-10(14)8-5-15-6-12-8;/h7-9,12-13H,1-6H2,(H,11,14);1H. The van der Waals surface area contributed by atoms with Crippen LogP contribution in [0.3, 0.4) is 0 Å². The first-order chi connectivity index (χ1) is 7.27. The summed E-state index contributed by atoms with van der Waals surface area (Å²) in [5.74, 6) is 2.07. The van der Waals surface area contributed by atoms with E-state index in [2.05, 4.69) is 10.6 Å². The number of aliphatic hydroxyl groups is 1. The molecule has 0 aromatic carbocycles. The largest absolute Gasteiger partial charge is 0.393 e. The number of hydrogen-bond donors (Lipinski definition) is 3. The van der Waals surface area contributed by atoms with Crippen molar-refractivity contribution in [3.63, 3.8) is 0 Å². The molecule has 1 amide bonds. The fourth-order valence-electron chi connectivity index (χ4n) is 2.17. The van der Waals surface area contributed by atoms with Crippen LogP contribution in [0.1, 0.15) is 19.3 Å². The van der Waals surface area contributed by atoms with E-state index >= 15 is 0 Å². The fraction of sp³-hybridized carbons (Fsp3) is 0.900. The van der Waals surface area contributed by atoms with Crippen molar-refractivity contribution >= 4 is 30.1 Å². The van der Waals surface area contributed by atoms with Gasteiger partial charge in [0, 0.05) is 24.1 Å². The van der Waals surface area contributed by atoms with Gasteiger partial charge in [0.1, 0.15) is 0 Å². The average Bonchev–Trinajstić information content (AvgIpc) is 2.85. The Kier molecular flexibility index (Phi) is 5.89. The first-order valence-electron chi connectivity index (χ1n) is 5.54. The van der Waals surface area contributed by atoms with Crippen LogP contribution in [0.25, 0.3) is 0 Å². The maximum absolute atomic E-state index is 11.6. The van der Waals surface area contributed by atoms with E-state index in [1.54, 1.807) is 11.8 Å². The van der Waals surface area contributed by atoms with Crippen LogP contribution in [0.5, 0.6) is 0 Å². The number of carbonyl (C=O) groups is 1. The summed E-state index contributed by atoms with van der Waals surface area (Å²) in [7, 11) is 0. The van der Waals surface area contributed by atoms with Crippen LogP contribution in [0.4, 0.5) is 0 Å². The Morgan fingerprint density at radius 2 is 2.31 bits per heavy atom. The molecule has 2 aliphatic rings. The Morgan fingerprint density at radius 1 is 1.50 bits per heavy atom. The third kappa shape index (κ3) is 3.52. The third-order valence-electron chi connectivity index (χ3n) is 3.19. The SMILES string of the molecule is Cl.O=C(NCC1CCCC1O)C1CSCN1. The van der Waals surface area contributed by atoms with Gasteiger partial charge < -0.3 is 10.4 Å². The zero-order chi connectivity index (χ0) is 10.7. The van der Waals surface area contributed by atoms with Crippen LogP contribution in [0.2, 0.25) is 0 Å². The van der Waals surface area contributed by atoms with Crippen LogP contribution < -0.4 is 10.6 Å². The molecule has 16 heavy (non-hydrogen) atoms. The number of rotatable bonds is 3. The summed E-state index contributed by atoms with van der Waals surface area (Å²) >= 11 is 1.75. The Morgan fingerprint density at radius 3 is 2.88 bits per heavy atom. The summed E-state index contributed by atoms with van der Waals surface area (Å²) in [6.45, 7) is 0.628. The lowest BCUT2D eigenvalue weighted by molar-refractivity contribution is -0.122. The molecule has 2 fully saturated rings. The molecule has 2 rings (SSSR count). The van der Waals surface area contributed by atoms with Gasteiger partial charge in [-0.25, -0.2) is 0 Å². The van der Waals surface area contributed by atoms with Crippen molar-refractivity contribution in [3.05, 3.63) is 0 Å². The lowest BCUT2D eigenvalue weighted by atomic mass is 10.1. The van der Waals surface area contributed by atoms with Crippen LogP contribution >= 0.6 is 24.2 Å². The minimum atomic E-state index is -0.212. The highest BCUT2D eigenvalue weighted by Gasteiger charge is 2.27. The molecule has 3 N–H and O–H groups in total. The molecule has 0 aromatic rings. The first-order valence-corrected chi connectivity index (χ1v) is 6.70. The van der Waals surface area contributed by atoms with E-state index in [0.29, 0.717) is 6.54 Å². The van der Waals surface area contributed by atoms with Crippen molar-refractivity contribution in [2.75, 3.05) is 18.2 Å². The predicted molar refractivity (Wildman–Crippen MR) is 67.9 cm³/mol. The van der Waals surface area contributed by atoms with Gasteiger partial charge in [0.25, 0.3) is 0 Å². The fourth-order valence-corrected chi connectivity index (χ4v) is 3.12. The van der Waals surface area contributed by atoms with Gasteiger partial charge in [-0.1, -0.05) is 6.42 Å². The van der Waals surface area contributed by atoms with Crippen molar-refractivity contribution in [3.8, 4) is 0 Å². The summed E-state index contributed by atoms with van der Waals surface area (Å²) in [6.07, 6.45) is 2.79. The van der Waals surface area contributed by atoms with Crippen molar-refractivity contribution < 1.29 is 9.90 Å². The Hall–Kier alpha value is 0.0300. The molecule has 1 saturated carbocycles. The van der Waals surface area contributed by atoms with E-state index < -0.39 is 0 Å². The van der Waals surface area contributed by atoms with E-state index in [-0.39, 0.29) is 36.4 Å². The van der Waals surface area contributed by atoms with Gasteiger partial charge in [-0.05, 0) is 12.8 Å². The molecule has 6 heteroatoms. The normalized spacial score (nSPS) is 33.4. The molecular formula is C10H19ClN2O2S. The number of amides is 1. The number of hydrogen-bond acceptors (Lipinski definition) is 4. The molecule has 3 atom stereocenters. The molecule has 0 aromatic heterocycles. The van der Waals surface area contributed by atoms with E-state index in [4.69, 9.17) is 0 Å². The molecule has 1 heterocycles. The number of thioether (sulfide) groups is 1. The minimum Gasteiger partial charge on any atom is -0.393 e. The molecule has 0 radical (unpaired) electrons. The molecular weight excluding hydrogens is 248 g/mol. The molecule has 1 aliphatic heterocycles. The average molecular weight is 267 g/mol. The van der Waals surface area contributed by atoms with Crippen molar-refractivity contribution in [2.45, 2.75) is 31.4 Å². The van der Waals surface area contributed by atoms with Crippen molar-refractivity contribution in [1.82, 2.24) is 10.6 Å². The minimum absolute atomic E-state index is 0. The number of nitrogens with one attached hydrogen (secondary N) is 2. The van der Waals surface area contributed by atoms with E-state index in [1.165, 1.54) is 0 Å². The summed E-state index contributed by atoms with van der Waals surface area (Å²) < 4.78 is 0. The smallest absolute Gasteiger partial charge is 0.238 e.